The molecule has 1 aliphatic heterocycles. The zero-order chi connectivity index (χ0) is 23.7. The number of thioether (sulfide) groups is 1. The van der Waals surface area contributed by atoms with E-state index in [-0.39, 0.29) is 32.4 Å². The number of nitrogens with zero attached hydrogens (tertiary/aromatic N) is 1. The molecule has 10 heteroatoms. The van der Waals surface area contributed by atoms with Crippen molar-refractivity contribution < 1.29 is 23.9 Å². The summed E-state index contributed by atoms with van der Waals surface area (Å²) in [5, 5.41) is 16.2. The third-order valence-corrected chi connectivity index (χ3v) is 7.62. The van der Waals surface area contributed by atoms with Crippen molar-refractivity contribution >= 4 is 41.1 Å². The maximum atomic E-state index is 14.3. The van der Waals surface area contributed by atoms with E-state index < -0.39 is 46.3 Å². The molecule has 1 saturated heterocycles. The Morgan fingerprint density at radius 3 is 2.50 bits per heavy atom. The number of benzene rings is 1. The van der Waals surface area contributed by atoms with Crippen molar-refractivity contribution in [2.45, 2.75) is 68.3 Å². The van der Waals surface area contributed by atoms with Crippen LogP contribution in [0.3, 0.4) is 0 Å². The number of carbonyl (C=O) groups is 3. The van der Waals surface area contributed by atoms with E-state index >= 15 is 0 Å². The number of carbonyl (C=O) groups excluding carboxylic acids is 3. The van der Waals surface area contributed by atoms with Crippen molar-refractivity contribution in [2.24, 2.45) is 0 Å². The van der Waals surface area contributed by atoms with Crippen LogP contribution >= 0.6 is 23.4 Å². The SMILES string of the molecule is CSC(C)(C)[C@H](NC(=O)C1(F)CC1)C(=O)N1C[C@H](O)CC1C(=O)NCc1ccc(Cl)cc1. The molecule has 0 spiro atoms. The molecule has 1 aromatic rings. The van der Waals surface area contributed by atoms with Gasteiger partial charge >= 0.3 is 0 Å². The Labute approximate surface area is 196 Å². The maximum absolute atomic E-state index is 14.3. The van der Waals surface area contributed by atoms with Gasteiger partial charge in [-0.25, -0.2) is 4.39 Å². The fourth-order valence-corrected chi connectivity index (χ4v) is 4.15. The van der Waals surface area contributed by atoms with Gasteiger partial charge in [-0.15, -0.1) is 0 Å². The molecular formula is C22H29ClFN3O4S. The second kappa shape index (κ2) is 9.57. The Morgan fingerprint density at radius 2 is 1.94 bits per heavy atom. The Hall–Kier alpha value is -1.84. The van der Waals surface area contributed by atoms with Crippen molar-refractivity contribution in [3.05, 3.63) is 34.9 Å². The fourth-order valence-electron chi connectivity index (χ4n) is 3.63. The summed E-state index contributed by atoms with van der Waals surface area (Å²) in [6.45, 7) is 3.77. The summed E-state index contributed by atoms with van der Waals surface area (Å²) in [4.78, 5) is 40.0. The van der Waals surface area contributed by atoms with Crippen LogP contribution in [0.15, 0.2) is 24.3 Å². The van der Waals surface area contributed by atoms with Crippen LogP contribution in [-0.4, -0.2) is 69.1 Å². The van der Waals surface area contributed by atoms with Gasteiger partial charge < -0.3 is 20.6 Å². The van der Waals surface area contributed by atoms with Gasteiger partial charge in [0.25, 0.3) is 5.91 Å². The number of hydrogen-bond acceptors (Lipinski definition) is 5. The van der Waals surface area contributed by atoms with Gasteiger partial charge in [-0.05, 0) is 50.6 Å². The summed E-state index contributed by atoms with van der Waals surface area (Å²) in [5.41, 5.74) is -1.09. The highest BCUT2D eigenvalue weighted by Crippen LogP contribution is 2.40. The average Bonchev–Trinajstić information content (AvgIpc) is 3.39. The molecule has 1 aliphatic carbocycles. The molecule has 3 rings (SSSR count). The van der Waals surface area contributed by atoms with E-state index in [1.54, 1.807) is 44.4 Å². The zero-order valence-electron chi connectivity index (χ0n) is 18.4. The largest absolute Gasteiger partial charge is 0.391 e. The highest BCUT2D eigenvalue weighted by molar-refractivity contribution is 8.00. The van der Waals surface area contributed by atoms with Gasteiger partial charge in [0.2, 0.25) is 11.8 Å². The normalized spacial score (nSPS) is 22.9. The second-order valence-corrected chi connectivity index (χ2v) is 10.8. The predicted octanol–water partition coefficient (Wildman–Crippen LogP) is 2.05. The minimum atomic E-state index is -1.92. The van der Waals surface area contributed by atoms with Crippen LogP contribution in [0.1, 0.15) is 38.7 Å². The number of rotatable bonds is 8. The van der Waals surface area contributed by atoms with Gasteiger partial charge in [0.15, 0.2) is 5.67 Å². The van der Waals surface area contributed by atoms with Crippen molar-refractivity contribution in [3.63, 3.8) is 0 Å². The lowest BCUT2D eigenvalue weighted by Crippen LogP contribution is -2.60. The van der Waals surface area contributed by atoms with E-state index in [4.69, 9.17) is 11.6 Å². The minimum absolute atomic E-state index is 0.0323. The number of β-amino-alcohol motifs (C(OH)–C–C–N with tert-alkyl or cyclic N) is 1. The lowest BCUT2D eigenvalue weighted by molar-refractivity contribution is -0.143. The maximum Gasteiger partial charge on any atom is 0.258 e. The summed E-state index contributed by atoms with van der Waals surface area (Å²) in [5.74, 6) is -1.72. The van der Waals surface area contributed by atoms with Crippen LogP contribution in [0.4, 0.5) is 4.39 Å². The van der Waals surface area contributed by atoms with Crippen LogP contribution in [0.25, 0.3) is 0 Å². The molecule has 2 fully saturated rings. The Kier molecular flexibility index (Phi) is 7.41. The van der Waals surface area contributed by atoms with Crippen molar-refractivity contribution in [1.82, 2.24) is 15.5 Å². The number of hydrogen-bond donors (Lipinski definition) is 3. The molecule has 0 radical (unpaired) electrons. The molecule has 1 unspecified atom stereocenters. The lowest BCUT2D eigenvalue weighted by Gasteiger charge is -2.36. The third-order valence-electron chi connectivity index (χ3n) is 6.08. The number of aliphatic hydroxyl groups excluding tert-OH is 1. The molecule has 3 amide bonds. The smallest absolute Gasteiger partial charge is 0.258 e. The van der Waals surface area contributed by atoms with Crippen LogP contribution < -0.4 is 10.6 Å². The number of nitrogens with one attached hydrogen (secondary N) is 2. The molecule has 1 aromatic carbocycles. The highest BCUT2D eigenvalue weighted by Gasteiger charge is 2.53. The fraction of sp³-hybridized carbons (Fsp3) is 0.591. The van der Waals surface area contributed by atoms with Gasteiger partial charge in [0, 0.05) is 29.3 Å². The van der Waals surface area contributed by atoms with Crippen molar-refractivity contribution in [1.29, 1.82) is 0 Å². The molecule has 32 heavy (non-hydrogen) atoms. The molecule has 1 saturated carbocycles. The molecule has 0 aromatic heterocycles. The predicted molar refractivity (Wildman–Crippen MR) is 122 cm³/mol. The van der Waals surface area contributed by atoms with E-state index in [2.05, 4.69) is 10.6 Å². The molecule has 2 aliphatic rings. The molecule has 3 atom stereocenters. The van der Waals surface area contributed by atoms with Crippen molar-refractivity contribution in [2.75, 3.05) is 12.8 Å². The summed E-state index contributed by atoms with van der Waals surface area (Å²) in [6.07, 6.45) is 1.29. The Bertz CT molecular complexity index is 878. The average molecular weight is 486 g/mol. The van der Waals surface area contributed by atoms with E-state index in [0.29, 0.717) is 5.02 Å². The van der Waals surface area contributed by atoms with E-state index in [1.807, 2.05) is 0 Å². The summed E-state index contributed by atoms with van der Waals surface area (Å²) in [6, 6.07) is 5.07. The number of halogens is 2. The lowest BCUT2D eigenvalue weighted by atomic mass is 10.0. The topological polar surface area (TPSA) is 98.7 Å². The summed E-state index contributed by atoms with van der Waals surface area (Å²) < 4.78 is 13.5. The molecule has 176 valence electrons. The highest BCUT2D eigenvalue weighted by atomic mass is 35.5. The van der Waals surface area contributed by atoms with Crippen molar-refractivity contribution in [3.8, 4) is 0 Å². The first-order valence-corrected chi connectivity index (χ1v) is 12.1. The Balaban J connectivity index is 1.73. The zero-order valence-corrected chi connectivity index (χ0v) is 19.9. The number of aliphatic hydroxyl groups is 1. The van der Waals surface area contributed by atoms with E-state index in [9.17, 15) is 23.9 Å². The van der Waals surface area contributed by atoms with E-state index in [1.165, 1.54) is 16.7 Å². The first-order chi connectivity index (χ1) is 15.0. The second-order valence-electron chi connectivity index (χ2n) is 8.92. The first kappa shape index (κ1) is 24.8. The number of alkyl halides is 1. The van der Waals surface area contributed by atoms with Gasteiger partial charge in [0.05, 0.1) is 6.10 Å². The third kappa shape index (κ3) is 5.55. The van der Waals surface area contributed by atoms with Gasteiger partial charge in [-0.2, -0.15) is 11.8 Å². The molecule has 1 heterocycles. The summed E-state index contributed by atoms with van der Waals surface area (Å²) in [7, 11) is 0. The first-order valence-electron chi connectivity index (χ1n) is 10.5. The van der Waals surface area contributed by atoms with Crippen LogP contribution in [-0.2, 0) is 20.9 Å². The monoisotopic (exact) mass is 485 g/mol. The molecule has 7 nitrogen and oxygen atoms in total. The molecule has 0 bridgehead atoms. The minimum Gasteiger partial charge on any atom is -0.391 e. The standard InChI is InChI=1S/C22H29ClFN3O4S/c1-21(2,32-3)17(26-20(31)22(24)8-9-22)19(30)27-12-15(28)10-16(27)18(29)25-11-13-4-6-14(23)7-5-13/h4-7,15-17,28H,8-12H2,1-3H3,(H,25,29)(H,26,31)/t15-,16?,17-/m1/s1. The molecular weight excluding hydrogens is 457 g/mol. The number of amides is 3. The molecule has 3 N–H and O–H groups in total. The quantitative estimate of drug-likeness (QED) is 0.523. The van der Waals surface area contributed by atoms with Gasteiger partial charge in [-0.3, -0.25) is 14.4 Å². The number of likely N-dealkylation sites (tertiary alicyclic amines) is 1. The van der Waals surface area contributed by atoms with E-state index in [0.717, 1.165) is 5.56 Å². The van der Waals surface area contributed by atoms with Crippen LogP contribution in [0, 0.1) is 0 Å². The Morgan fingerprint density at radius 1 is 1.31 bits per heavy atom. The summed E-state index contributed by atoms with van der Waals surface area (Å²) >= 11 is 7.24. The van der Waals surface area contributed by atoms with Crippen LogP contribution in [0.2, 0.25) is 5.02 Å². The van der Waals surface area contributed by atoms with Gasteiger partial charge in [-0.1, -0.05) is 23.7 Å². The van der Waals surface area contributed by atoms with Crippen LogP contribution in [0.5, 0.6) is 0 Å². The van der Waals surface area contributed by atoms with Gasteiger partial charge in [0.1, 0.15) is 12.1 Å².